The van der Waals surface area contributed by atoms with Gasteiger partial charge in [0.25, 0.3) is 5.91 Å². The van der Waals surface area contributed by atoms with Crippen molar-refractivity contribution >= 4 is 17.5 Å². The molecule has 128 valence electrons. The van der Waals surface area contributed by atoms with Crippen LogP contribution in [0.1, 0.15) is 28.9 Å². The van der Waals surface area contributed by atoms with Crippen LogP contribution in [0.15, 0.2) is 36.4 Å². The van der Waals surface area contributed by atoms with Crippen LogP contribution in [-0.4, -0.2) is 27.2 Å². The summed E-state index contributed by atoms with van der Waals surface area (Å²) in [6, 6.07) is 10.4. The number of amides is 1. The summed E-state index contributed by atoms with van der Waals surface area (Å²) >= 11 is 6.00. The van der Waals surface area contributed by atoms with Crippen LogP contribution in [0.2, 0.25) is 5.02 Å². The van der Waals surface area contributed by atoms with Gasteiger partial charge in [-0.2, -0.15) is 0 Å². The quantitative estimate of drug-likeness (QED) is 0.860. The van der Waals surface area contributed by atoms with E-state index in [0.717, 1.165) is 5.56 Å². The molecule has 2 aromatic rings. The van der Waals surface area contributed by atoms with Gasteiger partial charge >= 0.3 is 0 Å². The summed E-state index contributed by atoms with van der Waals surface area (Å²) in [5.74, 6) is 1.08. The maximum atomic E-state index is 12.6. The molecule has 0 spiro atoms. The minimum atomic E-state index is -0.278. The van der Waals surface area contributed by atoms with Gasteiger partial charge in [0.1, 0.15) is 5.75 Å². The molecule has 2 aromatic carbocycles. The minimum absolute atomic E-state index is 0.214. The standard InChI is InChI=1S/C18H20ClNO4/c1-11(12-6-5-7-13(19)8-12)20-18(21)14-9-16(23-3)17(24-4)10-15(14)22-2/h5-11H,1-4H3,(H,20,21). The summed E-state index contributed by atoms with van der Waals surface area (Å²) in [5.41, 5.74) is 1.28. The Hall–Kier alpha value is -2.40. The number of hydrogen-bond donors (Lipinski definition) is 1. The molecule has 0 bridgehead atoms. The number of carbonyl (C=O) groups excluding carboxylic acids is 1. The molecule has 0 aliphatic carbocycles. The fraction of sp³-hybridized carbons (Fsp3) is 0.278. The second-order valence-corrected chi connectivity index (χ2v) is 5.59. The van der Waals surface area contributed by atoms with Gasteiger partial charge in [-0.15, -0.1) is 0 Å². The van der Waals surface area contributed by atoms with E-state index in [4.69, 9.17) is 25.8 Å². The van der Waals surface area contributed by atoms with Crippen molar-refractivity contribution in [1.29, 1.82) is 0 Å². The van der Waals surface area contributed by atoms with Gasteiger partial charge in [0.2, 0.25) is 0 Å². The zero-order valence-electron chi connectivity index (χ0n) is 14.1. The van der Waals surface area contributed by atoms with Crippen LogP contribution in [0.5, 0.6) is 17.2 Å². The molecule has 2 rings (SSSR count). The SMILES string of the molecule is COc1cc(OC)c(C(=O)NC(C)c2cccc(Cl)c2)cc1OC. The third-order valence-corrected chi connectivity index (χ3v) is 3.88. The van der Waals surface area contributed by atoms with Gasteiger partial charge in [0.05, 0.1) is 32.9 Å². The van der Waals surface area contributed by atoms with E-state index in [1.54, 1.807) is 18.2 Å². The third-order valence-electron chi connectivity index (χ3n) is 3.65. The smallest absolute Gasteiger partial charge is 0.255 e. The highest BCUT2D eigenvalue weighted by molar-refractivity contribution is 6.30. The zero-order valence-corrected chi connectivity index (χ0v) is 14.8. The Bertz CT molecular complexity index is 733. The molecule has 5 nitrogen and oxygen atoms in total. The van der Waals surface area contributed by atoms with Crippen molar-refractivity contribution < 1.29 is 19.0 Å². The van der Waals surface area contributed by atoms with E-state index < -0.39 is 0 Å². The largest absolute Gasteiger partial charge is 0.496 e. The summed E-state index contributed by atoms with van der Waals surface area (Å²) in [6.45, 7) is 1.89. The van der Waals surface area contributed by atoms with E-state index >= 15 is 0 Å². The molecule has 1 unspecified atom stereocenters. The number of benzene rings is 2. The average molecular weight is 350 g/mol. The maximum absolute atomic E-state index is 12.6. The molecule has 1 atom stereocenters. The van der Waals surface area contributed by atoms with Crippen LogP contribution in [0, 0.1) is 0 Å². The highest BCUT2D eigenvalue weighted by atomic mass is 35.5. The van der Waals surface area contributed by atoms with Crippen LogP contribution < -0.4 is 19.5 Å². The maximum Gasteiger partial charge on any atom is 0.255 e. The van der Waals surface area contributed by atoms with Crippen molar-refractivity contribution in [1.82, 2.24) is 5.32 Å². The predicted octanol–water partition coefficient (Wildman–Crippen LogP) is 3.86. The molecule has 0 heterocycles. The van der Waals surface area contributed by atoms with Crippen LogP contribution in [0.4, 0.5) is 0 Å². The van der Waals surface area contributed by atoms with Gasteiger partial charge in [-0.05, 0) is 24.6 Å². The highest BCUT2D eigenvalue weighted by Crippen LogP contribution is 2.34. The fourth-order valence-corrected chi connectivity index (χ4v) is 2.54. The number of hydrogen-bond acceptors (Lipinski definition) is 4. The molecule has 0 fully saturated rings. The summed E-state index contributed by atoms with van der Waals surface area (Å²) < 4.78 is 15.8. The van der Waals surface area contributed by atoms with E-state index in [9.17, 15) is 4.79 Å². The Labute approximate surface area is 146 Å². The molecular weight excluding hydrogens is 330 g/mol. The lowest BCUT2D eigenvalue weighted by atomic mass is 10.1. The molecule has 0 aliphatic heterocycles. The normalized spacial score (nSPS) is 11.5. The van der Waals surface area contributed by atoms with E-state index in [1.807, 2.05) is 25.1 Å². The topological polar surface area (TPSA) is 56.8 Å². The molecule has 0 aromatic heterocycles. The van der Waals surface area contributed by atoms with Gasteiger partial charge in [0, 0.05) is 17.2 Å². The number of carbonyl (C=O) groups is 1. The Morgan fingerprint density at radius 1 is 1.00 bits per heavy atom. The monoisotopic (exact) mass is 349 g/mol. The lowest BCUT2D eigenvalue weighted by Gasteiger charge is -2.17. The third kappa shape index (κ3) is 3.92. The van der Waals surface area contributed by atoms with Gasteiger partial charge in [-0.25, -0.2) is 0 Å². The summed E-state index contributed by atoms with van der Waals surface area (Å²) in [4.78, 5) is 12.6. The highest BCUT2D eigenvalue weighted by Gasteiger charge is 2.19. The van der Waals surface area contributed by atoms with E-state index in [2.05, 4.69) is 5.32 Å². The molecule has 1 amide bonds. The van der Waals surface area contributed by atoms with Crippen molar-refractivity contribution in [2.45, 2.75) is 13.0 Å². The predicted molar refractivity (Wildman–Crippen MR) is 93.4 cm³/mol. The molecule has 0 saturated carbocycles. The summed E-state index contributed by atoms with van der Waals surface area (Å²) in [6.07, 6.45) is 0. The Morgan fingerprint density at radius 3 is 2.21 bits per heavy atom. The molecule has 6 heteroatoms. The fourth-order valence-electron chi connectivity index (χ4n) is 2.34. The van der Waals surface area contributed by atoms with Crippen molar-refractivity contribution in [2.24, 2.45) is 0 Å². The Morgan fingerprint density at radius 2 is 1.62 bits per heavy atom. The molecule has 1 N–H and O–H groups in total. The van der Waals surface area contributed by atoms with Gasteiger partial charge < -0.3 is 19.5 Å². The van der Waals surface area contributed by atoms with Crippen LogP contribution in [-0.2, 0) is 0 Å². The van der Waals surface area contributed by atoms with Crippen molar-refractivity contribution in [2.75, 3.05) is 21.3 Å². The van der Waals surface area contributed by atoms with E-state index in [0.29, 0.717) is 27.8 Å². The summed E-state index contributed by atoms with van der Waals surface area (Å²) in [5, 5.41) is 3.55. The van der Waals surface area contributed by atoms with E-state index in [-0.39, 0.29) is 11.9 Å². The molecule has 24 heavy (non-hydrogen) atoms. The summed E-state index contributed by atoms with van der Waals surface area (Å²) in [7, 11) is 4.54. The number of methoxy groups -OCH3 is 3. The molecule has 0 aliphatic rings. The lowest BCUT2D eigenvalue weighted by Crippen LogP contribution is -2.27. The van der Waals surface area contributed by atoms with Gasteiger partial charge in [-0.1, -0.05) is 23.7 Å². The van der Waals surface area contributed by atoms with Crippen LogP contribution in [0.3, 0.4) is 0 Å². The van der Waals surface area contributed by atoms with Crippen LogP contribution in [0.25, 0.3) is 0 Å². The molecule has 0 saturated heterocycles. The van der Waals surface area contributed by atoms with Gasteiger partial charge in [0.15, 0.2) is 11.5 Å². The van der Waals surface area contributed by atoms with Crippen LogP contribution >= 0.6 is 11.6 Å². The first-order chi connectivity index (χ1) is 11.5. The van der Waals surface area contributed by atoms with Crippen molar-refractivity contribution in [3.8, 4) is 17.2 Å². The first kappa shape index (κ1) is 17.9. The zero-order chi connectivity index (χ0) is 17.7. The first-order valence-electron chi connectivity index (χ1n) is 7.36. The van der Waals surface area contributed by atoms with Crippen molar-refractivity contribution in [3.05, 3.63) is 52.5 Å². The number of rotatable bonds is 6. The second kappa shape index (κ2) is 7.93. The Kier molecular flexibility index (Phi) is 5.93. The lowest BCUT2D eigenvalue weighted by molar-refractivity contribution is 0.0936. The molecular formula is C18H20ClNO4. The minimum Gasteiger partial charge on any atom is -0.496 e. The van der Waals surface area contributed by atoms with E-state index in [1.165, 1.54) is 21.3 Å². The van der Waals surface area contributed by atoms with Crippen molar-refractivity contribution in [3.63, 3.8) is 0 Å². The number of ether oxygens (including phenoxy) is 3. The van der Waals surface area contributed by atoms with Gasteiger partial charge in [-0.3, -0.25) is 4.79 Å². The molecule has 0 radical (unpaired) electrons. The number of halogens is 1. The second-order valence-electron chi connectivity index (χ2n) is 5.16. The number of nitrogens with one attached hydrogen (secondary N) is 1. The Balaban J connectivity index is 2.28. The average Bonchev–Trinajstić information content (AvgIpc) is 2.60. The first-order valence-corrected chi connectivity index (χ1v) is 7.74.